The van der Waals surface area contributed by atoms with Crippen LogP contribution in [-0.4, -0.2) is 23.1 Å². The van der Waals surface area contributed by atoms with E-state index in [1.807, 2.05) is 5.38 Å². The number of hydrogen-bond donors (Lipinski definition) is 0. The van der Waals surface area contributed by atoms with Gasteiger partial charge in [0.2, 0.25) is 5.76 Å². The molecule has 20 heavy (non-hydrogen) atoms. The number of hydrogen-bond acceptors (Lipinski definition) is 5. The zero-order valence-corrected chi connectivity index (χ0v) is 11.3. The minimum Gasteiger partial charge on any atom is -0.457 e. The van der Waals surface area contributed by atoms with E-state index < -0.39 is 11.7 Å². The highest BCUT2D eigenvalue weighted by Gasteiger charge is 2.28. The van der Waals surface area contributed by atoms with Gasteiger partial charge in [0.15, 0.2) is 5.43 Å². The molecule has 0 amide bonds. The first-order valence-corrected chi connectivity index (χ1v) is 6.67. The molecule has 0 bridgehead atoms. The highest BCUT2D eigenvalue weighted by atomic mass is 32.1. The summed E-state index contributed by atoms with van der Waals surface area (Å²) in [6.45, 7) is 1.73. The van der Waals surface area contributed by atoms with Gasteiger partial charge in [-0.25, -0.2) is 4.79 Å². The molecular weight excluding hydrogens is 280 g/mol. The van der Waals surface area contributed by atoms with Crippen LogP contribution in [0.3, 0.4) is 0 Å². The molecule has 0 aliphatic carbocycles. The average Bonchev–Trinajstić information content (AvgIpc) is 2.93. The van der Waals surface area contributed by atoms with Crippen molar-refractivity contribution in [1.29, 1.82) is 0 Å². The zero-order chi connectivity index (χ0) is 14.5. The molecule has 0 spiro atoms. The average molecular weight is 290 g/mol. The highest BCUT2D eigenvalue weighted by molar-refractivity contribution is 7.08. The lowest BCUT2D eigenvalue weighted by atomic mass is 10.2. The standard InChI is InChI=1S/C13H10N2O4S/c1-2-18-13(17)12(15-14)11-6-9(16)5-10(19-11)8-3-4-20-7-8/h3-7H,2H2,1H3. The summed E-state index contributed by atoms with van der Waals surface area (Å²) < 4.78 is 10.2. The van der Waals surface area contributed by atoms with E-state index in [9.17, 15) is 9.59 Å². The first-order chi connectivity index (χ1) is 9.65. The van der Waals surface area contributed by atoms with Gasteiger partial charge in [0.1, 0.15) is 5.76 Å². The van der Waals surface area contributed by atoms with Crippen LogP contribution in [0.15, 0.2) is 38.2 Å². The number of ether oxygens (including phenoxy) is 1. The van der Waals surface area contributed by atoms with Gasteiger partial charge in [-0.05, 0) is 18.4 Å². The predicted octanol–water partition coefficient (Wildman–Crippen LogP) is 1.95. The van der Waals surface area contributed by atoms with Crippen LogP contribution in [0, 0.1) is 0 Å². The lowest BCUT2D eigenvalue weighted by molar-refractivity contribution is -0.139. The topological polar surface area (TPSA) is 92.9 Å². The molecule has 0 unspecified atom stereocenters. The van der Waals surface area contributed by atoms with Gasteiger partial charge in [0.25, 0.3) is 0 Å². The van der Waals surface area contributed by atoms with Gasteiger partial charge in [0.05, 0.1) is 6.61 Å². The fourth-order valence-electron chi connectivity index (χ4n) is 1.53. The number of carbonyl (C=O) groups is 1. The SMILES string of the molecule is CCOC(=O)C(=[N+]=[N-])c1cc(=O)cc(-c2ccsc2)o1. The summed E-state index contributed by atoms with van der Waals surface area (Å²) in [5.41, 5.74) is 8.81. The molecule has 0 saturated heterocycles. The summed E-state index contributed by atoms with van der Waals surface area (Å²) in [6, 6.07) is 4.14. The number of thiophene rings is 1. The Morgan fingerprint density at radius 2 is 2.30 bits per heavy atom. The van der Waals surface area contributed by atoms with Gasteiger partial charge in [-0.1, -0.05) is 0 Å². The second-order valence-corrected chi connectivity index (χ2v) is 4.48. The second kappa shape index (κ2) is 6.10. The van der Waals surface area contributed by atoms with Crippen molar-refractivity contribution in [3.05, 3.63) is 50.5 Å². The van der Waals surface area contributed by atoms with Crippen LogP contribution >= 0.6 is 11.3 Å². The van der Waals surface area contributed by atoms with Crippen LogP contribution < -0.4 is 5.43 Å². The first-order valence-electron chi connectivity index (χ1n) is 5.73. The van der Waals surface area contributed by atoms with E-state index in [1.54, 1.807) is 18.4 Å². The van der Waals surface area contributed by atoms with Gasteiger partial charge in [0, 0.05) is 23.1 Å². The Balaban J connectivity index is 2.50. The fraction of sp³-hybridized carbons (Fsp3) is 0.154. The number of carbonyl (C=O) groups excluding carboxylic acids is 1. The van der Waals surface area contributed by atoms with Crippen molar-refractivity contribution in [3.8, 4) is 11.3 Å². The molecule has 7 heteroatoms. The van der Waals surface area contributed by atoms with E-state index >= 15 is 0 Å². The predicted molar refractivity (Wildman–Crippen MR) is 72.7 cm³/mol. The Morgan fingerprint density at radius 3 is 2.90 bits per heavy atom. The van der Waals surface area contributed by atoms with Crippen molar-refractivity contribution in [2.75, 3.05) is 6.61 Å². The third-order valence-corrected chi connectivity index (χ3v) is 3.06. The third-order valence-electron chi connectivity index (χ3n) is 2.37. The van der Waals surface area contributed by atoms with Crippen molar-refractivity contribution in [3.63, 3.8) is 0 Å². The number of esters is 1. The van der Waals surface area contributed by atoms with E-state index in [0.29, 0.717) is 11.3 Å². The van der Waals surface area contributed by atoms with E-state index in [4.69, 9.17) is 14.7 Å². The molecule has 0 N–H and O–H groups in total. The Labute approximate surface area is 117 Å². The van der Waals surface area contributed by atoms with Crippen molar-refractivity contribution in [2.24, 2.45) is 0 Å². The molecular formula is C13H10N2O4S. The van der Waals surface area contributed by atoms with Crippen molar-refractivity contribution in [1.82, 2.24) is 0 Å². The smallest absolute Gasteiger partial charge is 0.441 e. The molecule has 102 valence electrons. The van der Waals surface area contributed by atoms with Crippen LogP contribution in [-0.2, 0) is 9.53 Å². The van der Waals surface area contributed by atoms with Gasteiger partial charge in [-0.2, -0.15) is 16.1 Å². The normalized spacial score (nSPS) is 9.85. The molecule has 0 fully saturated rings. The largest absolute Gasteiger partial charge is 0.457 e. The fourth-order valence-corrected chi connectivity index (χ4v) is 2.18. The van der Waals surface area contributed by atoms with Gasteiger partial charge in [-0.15, -0.1) is 0 Å². The summed E-state index contributed by atoms with van der Waals surface area (Å²) in [5.74, 6) is -0.709. The quantitative estimate of drug-likeness (QED) is 0.372. The number of nitrogens with zero attached hydrogens (tertiary/aromatic N) is 2. The maximum atomic E-state index is 11.7. The summed E-state index contributed by atoms with van der Waals surface area (Å²) in [5, 5.41) is 3.62. The molecule has 2 aromatic rings. The van der Waals surface area contributed by atoms with Crippen LogP contribution in [0.4, 0.5) is 0 Å². The van der Waals surface area contributed by atoms with Crippen LogP contribution in [0.1, 0.15) is 12.7 Å². The molecule has 2 aromatic heterocycles. The summed E-state index contributed by atoms with van der Waals surface area (Å²) >= 11 is 1.44. The molecule has 0 saturated carbocycles. The zero-order valence-electron chi connectivity index (χ0n) is 10.5. The van der Waals surface area contributed by atoms with Crippen LogP contribution in [0.5, 0.6) is 0 Å². The van der Waals surface area contributed by atoms with Gasteiger partial charge < -0.3 is 14.7 Å². The molecule has 2 rings (SSSR count). The minimum atomic E-state index is -0.861. The number of rotatable bonds is 4. The van der Waals surface area contributed by atoms with Crippen LogP contribution in [0.2, 0.25) is 0 Å². The molecule has 6 nitrogen and oxygen atoms in total. The molecule has 0 aromatic carbocycles. The van der Waals surface area contributed by atoms with Crippen LogP contribution in [0.25, 0.3) is 16.9 Å². The highest BCUT2D eigenvalue weighted by Crippen LogP contribution is 2.21. The second-order valence-electron chi connectivity index (χ2n) is 3.70. The van der Waals surface area contributed by atoms with Gasteiger partial charge >= 0.3 is 11.7 Å². The molecule has 2 heterocycles. The Morgan fingerprint density at radius 1 is 1.50 bits per heavy atom. The van der Waals surface area contributed by atoms with Gasteiger partial charge in [-0.3, -0.25) is 4.79 Å². The van der Waals surface area contributed by atoms with E-state index in [-0.39, 0.29) is 17.8 Å². The molecule has 0 aliphatic heterocycles. The molecule has 0 radical (unpaired) electrons. The Bertz CT molecular complexity index is 727. The van der Waals surface area contributed by atoms with E-state index in [2.05, 4.69) is 4.79 Å². The third kappa shape index (κ3) is 2.90. The lowest BCUT2D eigenvalue weighted by Gasteiger charge is -2.00. The molecule has 0 aliphatic rings. The summed E-state index contributed by atoms with van der Waals surface area (Å²) in [4.78, 5) is 26.1. The summed E-state index contributed by atoms with van der Waals surface area (Å²) in [7, 11) is 0. The van der Waals surface area contributed by atoms with Crippen molar-refractivity contribution < 1.29 is 18.7 Å². The lowest BCUT2D eigenvalue weighted by Crippen LogP contribution is -2.21. The monoisotopic (exact) mass is 290 g/mol. The van der Waals surface area contributed by atoms with E-state index in [0.717, 1.165) is 6.07 Å². The molecule has 0 atom stereocenters. The van der Waals surface area contributed by atoms with Crippen molar-refractivity contribution in [2.45, 2.75) is 6.92 Å². The van der Waals surface area contributed by atoms with E-state index in [1.165, 1.54) is 17.4 Å². The first kappa shape index (κ1) is 13.9. The minimum absolute atomic E-state index is 0.117. The maximum absolute atomic E-state index is 11.7. The Kier molecular flexibility index (Phi) is 4.24. The summed E-state index contributed by atoms with van der Waals surface area (Å²) in [6.07, 6.45) is 0. The van der Waals surface area contributed by atoms with Crippen molar-refractivity contribution >= 4 is 23.0 Å². The maximum Gasteiger partial charge on any atom is 0.441 e. The Hall–Kier alpha value is -2.50.